The van der Waals surface area contributed by atoms with E-state index in [1.165, 1.54) is 18.2 Å². The zero-order chi connectivity index (χ0) is 15.5. The van der Waals surface area contributed by atoms with Crippen molar-refractivity contribution in [3.8, 4) is 0 Å². The Morgan fingerprint density at radius 2 is 2.05 bits per heavy atom. The fraction of sp³-hybridized carbons (Fsp3) is 0.429. The molecule has 7 heteroatoms. The molecule has 1 aliphatic rings. The first-order valence-corrected chi connectivity index (χ1v) is 7.53. The summed E-state index contributed by atoms with van der Waals surface area (Å²) in [5.41, 5.74) is 5.06. The maximum Gasteiger partial charge on any atom is 0.238 e. The van der Waals surface area contributed by atoms with Gasteiger partial charge in [-0.15, -0.1) is 0 Å². The van der Waals surface area contributed by atoms with Crippen molar-refractivity contribution >= 4 is 33.4 Å². The third-order valence-electron chi connectivity index (χ3n) is 3.92. The highest BCUT2D eigenvalue weighted by atomic mass is 79.9. The minimum absolute atomic E-state index is 0.0905. The molecule has 0 unspecified atom stereocenters. The number of nitrogens with two attached hydrogens (primary N) is 1. The lowest BCUT2D eigenvalue weighted by atomic mass is 9.72. The van der Waals surface area contributed by atoms with Gasteiger partial charge < -0.3 is 16.3 Å². The summed E-state index contributed by atoms with van der Waals surface area (Å²) in [6.07, 6.45) is 3.70. The molecule has 1 aromatic carbocycles. The summed E-state index contributed by atoms with van der Waals surface area (Å²) in [6.45, 7) is 0. The van der Waals surface area contributed by atoms with Crippen LogP contribution in [0.25, 0.3) is 0 Å². The van der Waals surface area contributed by atoms with E-state index in [4.69, 9.17) is 10.9 Å². The Hall–Kier alpha value is -1.63. The molecule has 0 heterocycles. The smallest absolute Gasteiger partial charge is 0.238 e. The number of halogens is 2. The molecule has 4 N–H and O–H groups in total. The molecule has 21 heavy (non-hydrogen) atoms. The molecule has 0 spiro atoms. The summed E-state index contributed by atoms with van der Waals surface area (Å²) in [4.78, 5) is 12.6. The number of hydrogen-bond acceptors (Lipinski definition) is 3. The maximum atomic E-state index is 13.3. The Morgan fingerprint density at radius 3 is 2.67 bits per heavy atom. The molecule has 1 saturated carbocycles. The third kappa shape index (κ3) is 3.18. The molecule has 0 aromatic heterocycles. The molecule has 0 radical (unpaired) electrons. The first-order valence-electron chi connectivity index (χ1n) is 6.74. The van der Waals surface area contributed by atoms with Crippen LogP contribution >= 0.6 is 15.9 Å². The zero-order valence-electron chi connectivity index (χ0n) is 11.4. The predicted molar refractivity (Wildman–Crippen MR) is 81.7 cm³/mol. The van der Waals surface area contributed by atoms with Gasteiger partial charge in [-0.2, -0.15) is 0 Å². The monoisotopic (exact) mass is 357 g/mol. The Balaban J connectivity index is 2.29. The Kier molecular flexibility index (Phi) is 4.82. The number of benzene rings is 1. The second-order valence-corrected chi connectivity index (χ2v) is 6.06. The number of amides is 1. The fourth-order valence-electron chi connectivity index (χ4n) is 2.69. The number of carbonyl (C=O) groups is 1. The molecule has 5 nitrogen and oxygen atoms in total. The van der Waals surface area contributed by atoms with E-state index >= 15 is 0 Å². The molecule has 0 aliphatic heterocycles. The van der Waals surface area contributed by atoms with Crippen LogP contribution in [0.15, 0.2) is 27.8 Å². The standard InChI is InChI=1S/C14H17BrFN3O2/c15-10-5-4-9(16)8-11(10)18-13(20)14(12(17)19-21)6-2-1-3-7-14/h4-5,8,21H,1-3,6-7H2,(H2,17,19)(H,18,20). The van der Waals surface area contributed by atoms with Gasteiger partial charge in [0.25, 0.3) is 0 Å². The number of nitrogens with one attached hydrogen (secondary N) is 1. The van der Waals surface area contributed by atoms with E-state index in [0.29, 0.717) is 23.0 Å². The largest absolute Gasteiger partial charge is 0.409 e. The lowest BCUT2D eigenvalue weighted by Crippen LogP contribution is -2.48. The van der Waals surface area contributed by atoms with Crippen LogP contribution in [-0.2, 0) is 4.79 Å². The van der Waals surface area contributed by atoms with Crippen molar-refractivity contribution in [2.75, 3.05) is 5.32 Å². The van der Waals surface area contributed by atoms with Gasteiger partial charge in [-0.25, -0.2) is 4.39 Å². The van der Waals surface area contributed by atoms with Crippen molar-refractivity contribution in [3.05, 3.63) is 28.5 Å². The molecule has 1 aliphatic carbocycles. The Bertz CT molecular complexity index is 571. The molecule has 2 rings (SSSR count). The quantitative estimate of drug-likeness (QED) is 0.336. The van der Waals surface area contributed by atoms with E-state index in [2.05, 4.69) is 26.4 Å². The normalized spacial score (nSPS) is 18.3. The topological polar surface area (TPSA) is 87.7 Å². The van der Waals surface area contributed by atoms with Crippen LogP contribution in [0.2, 0.25) is 0 Å². The maximum absolute atomic E-state index is 13.3. The first kappa shape index (κ1) is 15.8. The van der Waals surface area contributed by atoms with Crippen molar-refractivity contribution in [2.24, 2.45) is 16.3 Å². The van der Waals surface area contributed by atoms with Crippen LogP contribution in [0.1, 0.15) is 32.1 Å². The number of anilines is 1. The molecule has 114 valence electrons. The van der Waals surface area contributed by atoms with Crippen LogP contribution in [0.5, 0.6) is 0 Å². The minimum atomic E-state index is -1.03. The molecule has 0 atom stereocenters. The summed E-state index contributed by atoms with van der Waals surface area (Å²) in [7, 11) is 0. The van der Waals surface area contributed by atoms with Crippen molar-refractivity contribution in [3.63, 3.8) is 0 Å². The van der Waals surface area contributed by atoms with Crippen LogP contribution in [0.4, 0.5) is 10.1 Å². The second kappa shape index (κ2) is 6.43. The van der Waals surface area contributed by atoms with E-state index in [9.17, 15) is 9.18 Å². The van der Waals surface area contributed by atoms with E-state index in [1.807, 2.05) is 0 Å². The number of amidine groups is 1. The van der Waals surface area contributed by atoms with Gasteiger partial charge in [-0.05, 0) is 47.0 Å². The minimum Gasteiger partial charge on any atom is -0.409 e. The average molecular weight is 358 g/mol. The molecule has 0 saturated heterocycles. The highest BCUT2D eigenvalue weighted by molar-refractivity contribution is 9.10. The third-order valence-corrected chi connectivity index (χ3v) is 4.61. The van der Waals surface area contributed by atoms with E-state index in [-0.39, 0.29) is 11.7 Å². The van der Waals surface area contributed by atoms with Gasteiger partial charge in [-0.3, -0.25) is 4.79 Å². The molecule has 1 fully saturated rings. The van der Waals surface area contributed by atoms with Crippen LogP contribution in [0.3, 0.4) is 0 Å². The van der Waals surface area contributed by atoms with Crippen LogP contribution in [-0.4, -0.2) is 17.0 Å². The van der Waals surface area contributed by atoms with Gasteiger partial charge in [0.15, 0.2) is 5.84 Å². The Labute approximate surface area is 130 Å². The highest BCUT2D eigenvalue weighted by Crippen LogP contribution is 2.38. The zero-order valence-corrected chi connectivity index (χ0v) is 13.0. The van der Waals surface area contributed by atoms with Gasteiger partial charge in [0.2, 0.25) is 5.91 Å². The number of carbonyl (C=O) groups excluding carboxylic acids is 1. The lowest BCUT2D eigenvalue weighted by Gasteiger charge is -2.34. The average Bonchev–Trinajstić information content (AvgIpc) is 2.50. The van der Waals surface area contributed by atoms with Gasteiger partial charge in [-0.1, -0.05) is 24.4 Å². The highest BCUT2D eigenvalue weighted by Gasteiger charge is 2.44. The van der Waals surface area contributed by atoms with Gasteiger partial charge in [0.05, 0.1) is 5.69 Å². The number of rotatable bonds is 3. The fourth-order valence-corrected chi connectivity index (χ4v) is 3.03. The summed E-state index contributed by atoms with van der Waals surface area (Å²) >= 11 is 3.26. The van der Waals surface area contributed by atoms with Crippen LogP contribution < -0.4 is 11.1 Å². The predicted octanol–water partition coefficient (Wildman–Crippen LogP) is 3.22. The first-order chi connectivity index (χ1) is 9.99. The van der Waals surface area contributed by atoms with E-state index in [0.717, 1.165) is 19.3 Å². The Morgan fingerprint density at radius 1 is 1.38 bits per heavy atom. The van der Waals surface area contributed by atoms with Gasteiger partial charge >= 0.3 is 0 Å². The number of nitrogens with zero attached hydrogens (tertiary/aromatic N) is 1. The molecule has 0 bridgehead atoms. The summed E-state index contributed by atoms with van der Waals surface area (Å²) in [5, 5.41) is 14.7. The lowest BCUT2D eigenvalue weighted by molar-refractivity contribution is -0.123. The SMILES string of the molecule is N/C(=N/O)C1(C(=O)Nc2cc(F)ccc2Br)CCCCC1. The summed E-state index contributed by atoms with van der Waals surface area (Å²) < 4.78 is 13.9. The number of hydrogen-bond donors (Lipinski definition) is 3. The molecule has 1 aromatic rings. The van der Waals surface area contributed by atoms with E-state index in [1.54, 1.807) is 0 Å². The molecular weight excluding hydrogens is 341 g/mol. The van der Waals surface area contributed by atoms with Crippen molar-refractivity contribution < 1.29 is 14.4 Å². The summed E-state index contributed by atoms with van der Waals surface area (Å²) in [5.74, 6) is -0.911. The molecule has 1 amide bonds. The van der Waals surface area contributed by atoms with Crippen molar-refractivity contribution in [1.82, 2.24) is 0 Å². The van der Waals surface area contributed by atoms with Crippen molar-refractivity contribution in [2.45, 2.75) is 32.1 Å². The van der Waals surface area contributed by atoms with Gasteiger partial charge in [0, 0.05) is 4.47 Å². The number of oxime groups is 1. The molecular formula is C14H17BrFN3O2. The van der Waals surface area contributed by atoms with E-state index < -0.39 is 11.2 Å². The van der Waals surface area contributed by atoms with Gasteiger partial charge in [0.1, 0.15) is 11.2 Å². The van der Waals surface area contributed by atoms with Crippen molar-refractivity contribution in [1.29, 1.82) is 0 Å². The second-order valence-electron chi connectivity index (χ2n) is 5.21. The van der Waals surface area contributed by atoms with Crippen LogP contribution in [0, 0.1) is 11.2 Å². The summed E-state index contributed by atoms with van der Waals surface area (Å²) in [6, 6.07) is 4.03.